The predicted octanol–water partition coefficient (Wildman–Crippen LogP) is 2.83. The molecule has 2 aromatic rings. The van der Waals surface area contributed by atoms with Gasteiger partial charge >= 0.3 is 0 Å². The Labute approximate surface area is 120 Å². The third-order valence-electron chi connectivity index (χ3n) is 3.23. The molecule has 0 heterocycles. The van der Waals surface area contributed by atoms with Crippen LogP contribution in [0.2, 0.25) is 0 Å². The summed E-state index contributed by atoms with van der Waals surface area (Å²) in [6.07, 6.45) is -0.532. The summed E-state index contributed by atoms with van der Waals surface area (Å²) in [6.45, 7) is 3.35. The SMILES string of the molecule is COc1cccc(C(O)CNCc2cccc(C)c2)c1. The highest BCUT2D eigenvalue weighted by atomic mass is 16.5. The molecule has 0 fully saturated rings. The minimum atomic E-state index is -0.532. The zero-order valence-corrected chi connectivity index (χ0v) is 12.0. The van der Waals surface area contributed by atoms with Gasteiger partial charge in [-0.15, -0.1) is 0 Å². The average Bonchev–Trinajstić information content (AvgIpc) is 2.47. The molecule has 0 amide bonds. The quantitative estimate of drug-likeness (QED) is 0.849. The molecule has 0 saturated heterocycles. The molecule has 3 nitrogen and oxygen atoms in total. The van der Waals surface area contributed by atoms with Crippen molar-refractivity contribution in [2.24, 2.45) is 0 Å². The minimum Gasteiger partial charge on any atom is -0.497 e. The van der Waals surface area contributed by atoms with Crippen molar-refractivity contribution >= 4 is 0 Å². The highest BCUT2D eigenvalue weighted by Gasteiger charge is 2.07. The largest absolute Gasteiger partial charge is 0.497 e. The van der Waals surface area contributed by atoms with Crippen LogP contribution in [0.15, 0.2) is 48.5 Å². The highest BCUT2D eigenvalue weighted by molar-refractivity contribution is 5.30. The van der Waals surface area contributed by atoms with Crippen molar-refractivity contribution in [2.45, 2.75) is 19.6 Å². The van der Waals surface area contributed by atoms with Gasteiger partial charge in [-0.3, -0.25) is 0 Å². The molecular formula is C17H21NO2. The Morgan fingerprint density at radius 3 is 2.70 bits per heavy atom. The first-order chi connectivity index (χ1) is 9.69. The molecular weight excluding hydrogens is 250 g/mol. The summed E-state index contributed by atoms with van der Waals surface area (Å²) < 4.78 is 5.16. The first kappa shape index (κ1) is 14.6. The fourth-order valence-electron chi connectivity index (χ4n) is 2.14. The number of benzene rings is 2. The predicted molar refractivity (Wildman–Crippen MR) is 80.8 cm³/mol. The fourth-order valence-corrected chi connectivity index (χ4v) is 2.14. The second-order valence-corrected chi connectivity index (χ2v) is 4.91. The van der Waals surface area contributed by atoms with Crippen molar-refractivity contribution in [3.8, 4) is 5.75 Å². The Hall–Kier alpha value is -1.84. The van der Waals surface area contributed by atoms with Crippen LogP contribution in [0.5, 0.6) is 5.75 Å². The van der Waals surface area contributed by atoms with Gasteiger partial charge in [-0.05, 0) is 30.2 Å². The van der Waals surface area contributed by atoms with Crippen LogP contribution < -0.4 is 10.1 Å². The van der Waals surface area contributed by atoms with Crippen molar-refractivity contribution in [1.29, 1.82) is 0 Å². The van der Waals surface area contributed by atoms with Crippen molar-refractivity contribution in [2.75, 3.05) is 13.7 Å². The topological polar surface area (TPSA) is 41.5 Å². The van der Waals surface area contributed by atoms with Crippen molar-refractivity contribution in [3.63, 3.8) is 0 Å². The molecule has 1 atom stereocenters. The van der Waals surface area contributed by atoms with Gasteiger partial charge < -0.3 is 15.2 Å². The second kappa shape index (κ2) is 7.08. The summed E-state index contributed by atoms with van der Waals surface area (Å²) in [7, 11) is 1.63. The van der Waals surface area contributed by atoms with E-state index >= 15 is 0 Å². The lowest BCUT2D eigenvalue weighted by molar-refractivity contribution is 0.174. The summed E-state index contributed by atoms with van der Waals surface area (Å²) in [6, 6.07) is 15.9. The van der Waals surface area contributed by atoms with Crippen LogP contribution >= 0.6 is 0 Å². The van der Waals surface area contributed by atoms with Gasteiger partial charge in [0, 0.05) is 13.1 Å². The van der Waals surface area contributed by atoms with Crippen molar-refractivity contribution < 1.29 is 9.84 Å². The maximum Gasteiger partial charge on any atom is 0.119 e. The molecule has 20 heavy (non-hydrogen) atoms. The van der Waals surface area contributed by atoms with E-state index in [0.29, 0.717) is 6.54 Å². The number of aryl methyl sites for hydroxylation is 1. The van der Waals surface area contributed by atoms with Gasteiger partial charge in [0.1, 0.15) is 5.75 Å². The Morgan fingerprint density at radius 1 is 1.15 bits per heavy atom. The van der Waals surface area contributed by atoms with Crippen LogP contribution in [0.1, 0.15) is 22.8 Å². The molecule has 2 rings (SSSR count). The molecule has 0 aliphatic rings. The average molecular weight is 271 g/mol. The third kappa shape index (κ3) is 4.08. The van der Waals surface area contributed by atoms with Crippen LogP contribution in [0.3, 0.4) is 0 Å². The van der Waals surface area contributed by atoms with E-state index in [4.69, 9.17) is 4.74 Å². The van der Waals surface area contributed by atoms with Gasteiger partial charge in [-0.2, -0.15) is 0 Å². The first-order valence-electron chi connectivity index (χ1n) is 6.77. The maximum absolute atomic E-state index is 10.2. The lowest BCUT2D eigenvalue weighted by atomic mass is 10.1. The van der Waals surface area contributed by atoms with Gasteiger partial charge in [-0.1, -0.05) is 42.0 Å². The highest BCUT2D eigenvalue weighted by Crippen LogP contribution is 2.18. The van der Waals surface area contributed by atoms with Crippen molar-refractivity contribution in [3.05, 3.63) is 65.2 Å². The van der Waals surface area contributed by atoms with E-state index < -0.39 is 6.10 Å². The normalized spacial score (nSPS) is 12.2. The number of aliphatic hydroxyl groups is 1. The van der Waals surface area contributed by atoms with Gasteiger partial charge in [0.05, 0.1) is 13.2 Å². The molecule has 1 unspecified atom stereocenters. The number of methoxy groups -OCH3 is 1. The van der Waals surface area contributed by atoms with E-state index in [-0.39, 0.29) is 0 Å². The molecule has 0 saturated carbocycles. The zero-order valence-electron chi connectivity index (χ0n) is 12.0. The van der Waals surface area contributed by atoms with E-state index in [9.17, 15) is 5.11 Å². The standard InChI is InChI=1S/C17H21NO2/c1-13-5-3-6-14(9-13)11-18-12-17(19)15-7-4-8-16(10-15)20-2/h3-10,17-19H,11-12H2,1-2H3. The van der Waals surface area contributed by atoms with Crippen LogP contribution in [0.4, 0.5) is 0 Å². The number of hydrogen-bond donors (Lipinski definition) is 2. The lowest BCUT2D eigenvalue weighted by Gasteiger charge is -2.13. The van der Waals surface area contributed by atoms with E-state index in [1.807, 2.05) is 30.3 Å². The zero-order chi connectivity index (χ0) is 14.4. The lowest BCUT2D eigenvalue weighted by Crippen LogP contribution is -2.21. The number of ether oxygens (including phenoxy) is 1. The molecule has 2 N–H and O–H groups in total. The van der Waals surface area contributed by atoms with Gasteiger partial charge in [0.15, 0.2) is 0 Å². The molecule has 0 aliphatic heterocycles. The monoisotopic (exact) mass is 271 g/mol. The number of nitrogens with one attached hydrogen (secondary N) is 1. The Balaban J connectivity index is 1.87. The Kier molecular flexibility index (Phi) is 5.16. The molecule has 0 radical (unpaired) electrons. The molecule has 0 aromatic heterocycles. The first-order valence-corrected chi connectivity index (χ1v) is 6.77. The van der Waals surface area contributed by atoms with E-state index in [0.717, 1.165) is 17.9 Å². The second-order valence-electron chi connectivity index (χ2n) is 4.91. The van der Waals surface area contributed by atoms with Crippen molar-refractivity contribution in [1.82, 2.24) is 5.32 Å². The van der Waals surface area contributed by atoms with E-state index in [2.05, 4.69) is 30.4 Å². The maximum atomic E-state index is 10.2. The smallest absolute Gasteiger partial charge is 0.119 e. The van der Waals surface area contributed by atoms with Crippen LogP contribution in [-0.2, 0) is 6.54 Å². The minimum absolute atomic E-state index is 0.515. The van der Waals surface area contributed by atoms with Gasteiger partial charge in [-0.25, -0.2) is 0 Å². The Morgan fingerprint density at radius 2 is 1.95 bits per heavy atom. The molecule has 0 bridgehead atoms. The summed E-state index contributed by atoms with van der Waals surface area (Å²) in [5, 5.41) is 13.4. The molecule has 106 valence electrons. The van der Waals surface area contributed by atoms with Crippen LogP contribution in [-0.4, -0.2) is 18.8 Å². The van der Waals surface area contributed by atoms with Crippen LogP contribution in [0, 0.1) is 6.92 Å². The van der Waals surface area contributed by atoms with Gasteiger partial charge in [0.25, 0.3) is 0 Å². The summed E-state index contributed by atoms with van der Waals surface area (Å²) >= 11 is 0. The van der Waals surface area contributed by atoms with E-state index in [1.165, 1.54) is 11.1 Å². The summed E-state index contributed by atoms with van der Waals surface area (Å²) in [5.74, 6) is 0.764. The molecule has 0 aliphatic carbocycles. The fraction of sp³-hybridized carbons (Fsp3) is 0.294. The van der Waals surface area contributed by atoms with Gasteiger partial charge in [0.2, 0.25) is 0 Å². The summed E-state index contributed by atoms with van der Waals surface area (Å²) in [4.78, 5) is 0. The summed E-state index contributed by atoms with van der Waals surface area (Å²) in [5.41, 5.74) is 3.33. The molecule has 3 heteroatoms. The number of rotatable bonds is 6. The number of hydrogen-bond acceptors (Lipinski definition) is 3. The molecule has 2 aromatic carbocycles. The Bertz CT molecular complexity index is 554. The molecule has 0 spiro atoms. The van der Waals surface area contributed by atoms with E-state index in [1.54, 1.807) is 7.11 Å². The number of aliphatic hydroxyl groups excluding tert-OH is 1. The van der Waals surface area contributed by atoms with Crippen LogP contribution in [0.25, 0.3) is 0 Å². The third-order valence-corrected chi connectivity index (χ3v) is 3.23.